The van der Waals surface area contributed by atoms with Crippen molar-refractivity contribution >= 4 is 23.3 Å². The first kappa shape index (κ1) is 18.5. The van der Waals surface area contributed by atoms with Crippen molar-refractivity contribution in [2.24, 2.45) is 0 Å². The largest absolute Gasteiger partial charge is 0.366 e. The lowest BCUT2D eigenvalue weighted by molar-refractivity contribution is -0.384. The number of nitrogens with zero attached hydrogens (tertiary/aromatic N) is 4. The van der Waals surface area contributed by atoms with Crippen molar-refractivity contribution in [3.8, 4) is 0 Å². The van der Waals surface area contributed by atoms with Crippen LogP contribution in [-0.4, -0.2) is 72.0 Å². The molecule has 3 fully saturated rings. The molecule has 3 saturated heterocycles. The summed E-state index contributed by atoms with van der Waals surface area (Å²) >= 11 is 0. The molecule has 0 aromatic heterocycles. The molecule has 0 spiro atoms. The summed E-state index contributed by atoms with van der Waals surface area (Å²) in [6, 6.07) is 4.94. The molecule has 0 aliphatic carbocycles. The minimum Gasteiger partial charge on any atom is -0.366 e. The molecular weight excluding hydrogens is 362 g/mol. The van der Waals surface area contributed by atoms with E-state index in [0.29, 0.717) is 37.4 Å². The van der Waals surface area contributed by atoms with Crippen LogP contribution in [0.3, 0.4) is 0 Å². The number of carbonyl (C=O) groups excluding carboxylic acids is 2. The number of hydrogen-bond acceptors (Lipinski definition) is 5. The number of likely N-dealkylation sites (tertiary alicyclic amines) is 1. The zero-order chi connectivity index (χ0) is 19.7. The molecule has 0 atom stereocenters. The van der Waals surface area contributed by atoms with Gasteiger partial charge in [0.15, 0.2) is 0 Å². The minimum atomic E-state index is -0.400. The molecule has 0 saturated carbocycles. The van der Waals surface area contributed by atoms with Gasteiger partial charge in [-0.25, -0.2) is 4.79 Å². The van der Waals surface area contributed by atoms with Gasteiger partial charge in [0.1, 0.15) is 5.69 Å². The quantitative estimate of drug-likeness (QED) is 0.628. The van der Waals surface area contributed by atoms with E-state index in [1.165, 1.54) is 6.07 Å². The number of nitro benzene ring substituents is 1. The van der Waals surface area contributed by atoms with Crippen LogP contribution in [0.2, 0.25) is 0 Å². The van der Waals surface area contributed by atoms with Gasteiger partial charge >= 0.3 is 6.03 Å². The van der Waals surface area contributed by atoms with E-state index in [9.17, 15) is 19.7 Å². The second-order valence-corrected chi connectivity index (χ2v) is 7.60. The fourth-order valence-electron chi connectivity index (χ4n) is 4.43. The third-order valence-electron chi connectivity index (χ3n) is 5.95. The molecule has 9 heteroatoms. The van der Waals surface area contributed by atoms with E-state index in [2.05, 4.69) is 5.32 Å². The summed E-state index contributed by atoms with van der Waals surface area (Å²) in [4.78, 5) is 41.5. The van der Waals surface area contributed by atoms with Crippen molar-refractivity contribution in [2.45, 2.75) is 31.7 Å². The molecule has 4 rings (SSSR count). The number of hydrogen-bond donors (Lipinski definition) is 1. The normalized spacial score (nSPS) is 20.6. The molecule has 0 radical (unpaired) electrons. The van der Waals surface area contributed by atoms with Gasteiger partial charge in [-0.3, -0.25) is 14.9 Å². The maximum atomic E-state index is 12.9. The predicted octanol–water partition coefficient (Wildman–Crippen LogP) is 1.82. The summed E-state index contributed by atoms with van der Waals surface area (Å²) in [5.74, 6) is -0.180. The summed E-state index contributed by atoms with van der Waals surface area (Å²) in [5, 5.41) is 14.4. The summed E-state index contributed by atoms with van der Waals surface area (Å²) < 4.78 is 0. The lowest BCUT2D eigenvalue weighted by atomic mass is 10.0. The Labute approximate surface area is 163 Å². The van der Waals surface area contributed by atoms with Crippen LogP contribution in [0.4, 0.5) is 16.2 Å². The van der Waals surface area contributed by atoms with Crippen LogP contribution in [0.1, 0.15) is 36.0 Å². The Balaban J connectivity index is 1.45. The van der Waals surface area contributed by atoms with Gasteiger partial charge in [0.25, 0.3) is 11.6 Å². The topological polar surface area (TPSA) is 99.0 Å². The van der Waals surface area contributed by atoms with E-state index in [4.69, 9.17) is 0 Å². The Hall–Kier alpha value is -2.84. The van der Waals surface area contributed by atoms with Crippen molar-refractivity contribution < 1.29 is 14.5 Å². The Morgan fingerprint density at radius 2 is 1.82 bits per heavy atom. The van der Waals surface area contributed by atoms with Gasteiger partial charge in [-0.1, -0.05) is 0 Å². The number of urea groups is 1. The van der Waals surface area contributed by atoms with Gasteiger partial charge in [-0.15, -0.1) is 0 Å². The van der Waals surface area contributed by atoms with E-state index < -0.39 is 4.92 Å². The van der Waals surface area contributed by atoms with Gasteiger partial charge in [-0.2, -0.15) is 0 Å². The third kappa shape index (κ3) is 3.48. The maximum absolute atomic E-state index is 12.9. The third-order valence-corrected chi connectivity index (χ3v) is 5.95. The number of nitrogens with one attached hydrogen (secondary N) is 1. The molecular formula is C19H25N5O4. The minimum absolute atomic E-state index is 0.00336. The average molecular weight is 387 g/mol. The van der Waals surface area contributed by atoms with Gasteiger partial charge in [-0.05, 0) is 37.8 Å². The van der Waals surface area contributed by atoms with E-state index >= 15 is 0 Å². The summed E-state index contributed by atoms with van der Waals surface area (Å²) in [7, 11) is 0. The predicted molar refractivity (Wildman–Crippen MR) is 104 cm³/mol. The van der Waals surface area contributed by atoms with E-state index in [1.54, 1.807) is 17.0 Å². The SMILES string of the molecule is O=C(c1ccc(N2CCCC2)c([N+](=O)[O-])c1)N1CCC(N2CCNC2=O)CC1. The maximum Gasteiger partial charge on any atom is 0.317 e. The van der Waals surface area contributed by atoms with Crippen molar-refractivity contribution in [2.75, 3.05) is 44.2 Å². The number of nitro groups is 1. The van der Waals surface area contributed by atoms with Crippen LogP contribution in [0, 0.1) is 10.1 Å². The fourth-order valence-corrected chi connectivity index (χ4v) is 4.43. The Bertz CT molecular complexity index is 785. The Kier molecular flexibility index (Phi) is 5.06. The van der Waals surface area contributed by atoms with Crippen LogP contribution >= 0.6 is 0 Å². The molecule has 3 aliphatic rings. The van der Waals surface area contributed by atoms with E-state index in [0.717, 1.165) is 38.8 Å². The lowest BCUT2D eigenvalue weighted by Crippen LogP contribution is -2.47. The molecule has 3 amide bonds. The standard InChI is InChI=1S/C19H25N5O4/c25-18(22-10-5-15(6-11-22)23-12-7-20-19(23)26)14-3-4-16(17(13-14)24(27)28)21-8-1-2-9-21/h3-4,13,15H,1-2,5-12H2,(H,20,26). The molecule has 150 valence electrons. The van der Waals surface area contributed by atoms with Crippen molar-refractivity contribution in [3.63, 3.8) is 0 Å². The molecule has 3 heterocycles. The van der Waals surface area contributed by atoms with Gasteiger partial charge in [0.2, 0.25) is 0 Å². The smallest absolute Gasteiger partial charge is 0.317 e. The zero-order valence-corrected chi connectivity index (χ0v) is 15.8. The number of rotatable bonds is 4. The van der Waals surface area contributed by atoms with Gasteiger partial charge in [0.05, 0.1) is 4.92 Å². The summed E-state index contributed by atoms with van der Waals surface area (Å²) in [5.41, 5.74) is 0.946. The number of anilines is 1. The highest BCUT2D eigenvalue weighted by atomic mass is 16.6. The molecule has 1 aromatic rings. The Morgan fingerprint density at radius 3 is 2.43 bits per heavy atom. The molecule has 28 heavy (non-hydrogen) atoms. The zero-order valence-electron chi connectivity index (χ0n) is 15.8. The summed E-state index contributed by atoms with van der Waals surface area (Å²) in [6.45, 7) is 4.11. The second-order valence-electron chi connectivity index (χ2n) is 7.60. The van der Waals surface area contributed by atoms with Crippen LogP contribution in [0.5, 0.6) is 0 Å². The highest BCUT2D eigenvalue weighted by Gasteiger charge is 2.33. The first-order chi connectivity index (χ1) is 13.5. The van der Waals surface area contributed by atoms with Crippen LogP contribution in [0.25, 0.3) is 0 Å². The number of carbonyl (C=O) groups is 2. The van der Waals surface area contributed by atoms with Crippen LogP contribution < -0.4 is 10.2 Å². The first-order valence-corrected chi connectivity index (χ1v) is 9.92. The molecule has 1 N–H and O–H groups in total. The molecule has 0 unspecified atom stereocenters. The molecule has 3 aliphatic heterocycles. The number of piperidine rings is 1. The first-order valence-electron chi connectivity index (χ1n) is 9.92. The van der Waals surface area contributed by atoms with Gasteiger partial charge in [0, 0.05) is 56.9 Å². The van der Waals surface area contributed by atoms with Crippen LogP contribution in [0.15, 0.2) is 18.2 Å². The Morgan fingerprint density at radius 1 is 1.11 bits per heavy atom. The molecule has 9 nitrogen and oxygen atoms in total. The molecule has 1 aromatic carbocycles. The fraction of sp³-hybridized carbons (Fsp3) is 0.579. The average Bonchev–Trinajstić information content (AvgIpc) is 3.39. The van der Waals surface area contributed by atoms with Crippen molar-refractivity contribution in [1.29, 1.82) is 0 Å². The second kappa shape index (κ2) is 7.65. The molecule has 0 bridgehead atoms. The monoisotopic (exact) mass is 387 g/mol. The van der Waals surface area contributed by atoms with Gasteiger partial charge < -0.3 is 20.0 Å². The van der Waals surface area contributed by atoms with Crippen molar-refractivity contribution in [3.05, 3.63) is 33.9 Å². The highest BCUT2D eigenvalue weighted by molar-refractivity contribution is 5.96. The lowest BCUT2D eigenvalue weighted by Gasteiger charge is -2.36. The number of amides is 3. The van der Waals surface area contributed by atoms with E-state index in [-0.39, 0.29) is 23.7 Å². The number of benzene rings is 1. The van der Waals surface area contributed by atoms with Crippen molar-refractivity contribution in [1.82, 2.24) is 15.1 Å². The van der Waals surface area contributed by atoms with E-state index in [1.807, 2.05) is 9.80 Å². The highest BCUT2D eigenvalue weighted by Crippen LogP contribution is 2.32. The van der Waals surface area contributed by atoms with Crippen LogP contribution in [-0.2, 0) is 0 Å². The summed E-state index contributed by atoms with van der Waals surface area (Å²) in [6.07, 6.45) is 3.52.